The molecule has 3 aromatic rings. The van der Waals surface area contributed by atoms with Gasteiger partial charge in [0, 0.05) is 0 Å². The van der Waals surface area contributed by atoms with Gasteiger partial charge in [0.05, 0.1) is 22.3 Å². The fourth-order valence-corrected chi connectivity index (χ4v) is 3.67. The maximum absolute atomic E-state index is 12.7. The van der Waals surface area contributed by atoms with E-state index >= 15 is 0 Å². The molecule has 8 nitrogen and oxygen atoms in total. The van der Waals surface area contributed by atoms with Gasteiger partial charge >= 0.3 is 0 Å². The predicted molar refractivity (Wildman–Crippen MR) is 110 cm³/mol. The van der Waals surface area contributed by atoms with E-state index in [0.29, 0.717) is 15.7 Å². The van der Waals surface area contributed by atoms with Gasteiger partial charge in [-0.3, -0.25) is 28.9 Å². The van der Waals surface area contributed by atoms with Crippen molar-refractivity contribution in [2.45, 2.75) is 6.10 Å². The van der Waals surface area contributed by atoms with E-state index in [2.05, 4.69) is 0 Å². The molecule has 158 valence electrons. The van der Waals surface area contributed by atoms with Gasteiger partial charge in [-0.1, -0.05) is 54.6 Å². The van der Waals surface area contributed by atoms with E-state index in [1.54, 1.807) is 78.9 Å². The molecule has 8 heteroatoms. The maximum Gasteiger partial charge on any atom is 0.285 e. The number of amides is 4. The van der Waals surface area contributed by atoms with E-state index in [-0.39, 0.29) is 28.9 Å². The lowest BCUT2D eigenvalue weighted by Crippen LogP contribution is -2.36. The highest BCUT2D eigenvalue weighted by Crippen LogP contribution is 2.29. The first kappa shape index (κ1) is 19.8. The van der Waals surface area contributed by atoms with Crippen LogP contribution < -0.4 is 0 Å². The van der Waals surface area contributed by atoms with Crippen molar-refractivity contribution in [3.05, 3.63) is 107 Å². The minimum absolute atomic E-state index is 0.241. The van der Waals surface area contributed by atoms with Gasteiger partial charge in [-0.15, -0.1) is 10.1 Å². The van der Waals surface area contributed by atoms with E-state index in [1.807, 2.05) is 0 Å². The highest BCUT2D eigenvalue weighted by molar-refractivity contribution is 6.21. The van der Waals surface area contributed by atoms with E-state index in [9.17, 15) is 19.2 Å². The SMILES string of the molecule is O=C1c2ccccc2C(=O)N1OCC(ON1C(=O)c2ccccc2C1=O)c1ccccc1. The van der Waals surface area contributed by atoms with Crippen LogP contribution in [-0.4, -0.2) is 40.4 Å². The summed E-state index contributed by atoms with van der Waals surface area (Å²) in [6.07, 6.45) is -0.942. The Morgan fingerprint density at radius 2 is 0.969 bits per heavy atom. The number of fused-ring (bicyclic) bond motifs is 2. The topological polar surface area (TPSA) is 93.2 Å². The number of hydroxylamine groups is 4. The fourth-order valence-electron chi connectivity index (χ4n) is 3.67. The Morgan fingerprint density at radius 1 is 0.562 bits per heavy atom. The molecule has 5 rings (SSSR count). The molecule has 0 bridgehead atoms. The lowest BCUT2D eigenvalue weighted by atomic mass is 10.1. The zero-order valence-electron chi connectivity index (χ0n) is 16.6. The first-order valence-electron chi connectivity index (χ1n) is 9.86. The Labute approximate surface area is 182 Å². The Balaban J connectivity index is 1.38. The highest BCUT2D eigenvalue weighted by Gasteiger charge is 2.40. The molecule has 1 atom stereocenters. The lowest BCUT2D eigenvalue weighted by Gasteiger charge is -2.24. The van der Waals surface area contributed by atoms with Gasteiger partial charge in [-0.25, -0.2) is 0 Å². The molecule has 0 saturated carbocycles. The zero-order chi connectivity index (χ0) is 22.2. The Hall–Kier alpha value is -4.14. The van der Waals surface area contributed by atoms with E-state index < -0.39 is 29.7 Å². The average molecular weight is 428 g/mol. The van der Waals surface area contributed by atoms with Crippen LogP contribution in [0, 0.1) is 0 Å². The molecular weight excluding hydrogens is 412 g/mol. The number of benzene rings is 3. The molecule has 0 radical (unpaired) electrons. The van der Waals surface area contributed by atoms with Crippen molar-refractivity contribution in [3.8, 4) is 0 Å². The number of hydrogen-bond acceptors (Lipinski definition) is 6. The van der Waals surface area contributed by atoms with Gasteiger partial charge in [0.1, 0.15) is 12.7 Å². The molecule has 32 heavy (non-hydrogen) atoms. The van der Waals surface area contributed by atoms with Crippen molar-refractivity contribution in [1.82, 2.24) is 10.1 Å². The average Bonchev–Trinajstić information content (AvgIpc) is 3.22. The van der Waals surface area contributed by atoms with Crippen LogP contribution in [-0.2, 0) is 9.68 Å². The molecule has 0 aliphatic carbocycles. The highest BCUT2D eigenvalue weighted by atomic mass is 16.7. The van der Waals surface area contributed by atoms with Gasteiger partial charge in [0.15, 0.2) is 0 Å². The summed E-state index contributed by atoms with van der Waals surface area (Å²) in [4.78, 5) is 61.9. The maximum atomic E-state index is 12.7. The third-order valence-electron chi connectivity index (χ3n) is 5.27. The fraction of sp³-hybridized carbons (Fsp3) is 0.0833. The molecule has 0 spiro atoms. The number of imide groups is 2. The first-order chi connectivity index (χ1) is 15.6. The zero-order valence-corrected chi connectivity index (χ0v) is 16.6. The van der Waals surface area contributed by atoms with Crippen molar-refractivity contribution in [3.63, 3.8) is 0 Å². The van der Waals surface area contributed by atoms with Crippen molar-refractivity contribution in [2.75, 3.05) is 6.61 Å². The van der Waals surface area contributed by atoms with E-state index in [1.165, 1.54) is 0 Å². The van der Waals surface area contributed by atoms with Gasteiger partial charge < -0.3 is 0 Å². The van der Waals surface area contributed by atoms with E-state index in [0.717, 1.165) is 0 Å². The summed E-state index contributed by atoms with van der Waals surface area (Å²) in [6.45, 7) is -0.289. The van der Waals surface area contributed by atoms with Crippen molar-refractivity contribution >= 4 is 23.6 Å². The van der Waals surface area contributed by atoms with Crippen LogP contribution >= 0.6 is 0 Å². The molecule has 2 heterocycles. The number of carbonyl (C=O) groups excluding carboxylic acids is 4. The van der Waals surface area contributed by atoms with Crippen LogP contribution in [0.1, 0.15) is 53.1 Å². The standard InChI is InChI=1S/C24H16N2O6/c27-21-16-10-4-5-11-17(16)22(28)25(21)31-14-20(15-8-2-1-3-9-15)32-26-23(29)18-12-6-7-13-19(18)24(26)30/h1-13,20H,14H2. The predicted octanol–water partition coefficient (Wildman–Crippen LogP) is 3.18. The molecule has 0 fully saturated rings. The largest absolute Gasteiger partial charge is 0.285 e. The number of rotatable bonds is 6. The molecule has 0 saturated heterocycles. The summed E-state index contributed by atoms with van der Waals surface area (Å²) >= 11 is 0. The van der Waals surface area contributed by atoms with Crippen molar-refractivity contribution < 1.29 is 28.9 Å². The summed E-state index contributed by atoms with van der Waals surface area (Å²) < 4.78 is 0. The summed E-state index contributed by atoms with van der Waals surface area (Å²) in [5.74, 6) is -2.35. The third kappa shape index (κ3) is 3.18. The monoisotopic (exact) mass is 428 g/mol. The molecule has 3 aromatic carbocycles. The quantitative estimate of drug-likeness (QED) is 0.560. The summed E-state index contributed by atoms with van der Waals surface area (Å²) in [6, 6.07) is 21.6. The number of hydrogen-bond donors (Lipinski definition) is 0. The van der Waals surface area contributed by atoms with Crippen LogP contribution in [0.3, 0.4) is 0 Å². The van der Waals surface area contributed by atoms with Gasteiger partial charge in [-0.05, 0) is 29.8 Å². The number of nitrogens with zero attached hydrogens (tertiary/aromatic N) is 2. The molecule has 0 N–H and O–H groups in total. The van der Waals surface area contributed by atoms with Gasteiger partial charge in [0.25, 0.3) is 23.6 Å². The first-order valence-corrected chi connectivity index (χ1v) is 9.86. The summed E-state index contributed by atoms with van der Waals surface area (Å²) in [5.41, 5.74) is 1.57. The summed E-state index contributed by atoms with van der Waals surface area (Å²) in [5, 5.41) is 1.36. The van der Waals surface area contributed by atoms with Crippen LogP contribution in [0.15, 0.2) is 78.9 Å². The molecular formula is C24H16N2O6. The lowest BCUT2D eigenvalue weighted by molar-refractivity contribution is -0.184. The molecule has 2 aliphatic rings. The Morgan fingerprint density at radius 3 is 1.44 bits per heavy atom. The Bertz CT molecular complexity index is 1190. The van der Waals surface area contributed by atoms with E-state index in [4.69, 9.17) is 9.68 Å². The molecule has 4 amide bonds. The van der Waals surface area contributed by atoms with Crippen LogP contribution in [0.4, 0.5) is 0 Å². The minimum atomic E-state index is -0.942. The van der Waals surface area contributed by atoms with Gasteiger partial charge in [-0.2, -0.15) is 0 Å². The molecule has 0 aromatic heterocycles. The second-order valence-electron chi connectivity index (χ2n) is 7.20. The van der Waals surface area contributed by atoms with Crippen molar-refractivity contribution in [2.24, 2.45) is 0 Å². The Kier molecular flexibility index (Phi) is 4.85. The van der Waals surface area contributed by atoms with Crippen molar-refractivity contribution in [1.29, 1.82) is 0 Å². The number of carbonyl (C=O) groups is 4. The second-order valence-corrected chi connectivity index (χ2v) is 7.20. The molecule has 2 aliphatic heterocycles. The van der Waals surface area contributed by atoms with Gasteiger partial charge in [0.2, 0.25) is 0 Å². The second kappa shape index (κ2) is 7.84. The van der Waals surface area contributed by atoms with Crippen LogP contribution in [0.5, 0.6) is 0 Å². The molecule has 1 unspecified atom stereocenters. The minimum Gasteiger partial charge on any atom is -0.266 e. The summed E-state index contributed by atoms with van der Waals surface area (Å²) in [7, 11) is 0. The third-order valence-corrected chi connectivity index (χ3v) is 5.27. The van der Waals surface area contributed by atoms with Crippen LogP contribution in [0.2, 0.25) is 0 Å². The normalized spacial score (nSPS) is 15.9. The smallest absolute Gasteiger partial charge is 0.266 e. The van der Waals surface area contributed by atoms with Crippen LogP contribution in [0.25, 0.3) is 0 Å².